The molecule has 0 saturated heterocycles. The number of carboxylic acids is 1. The van der Waals surface area contributed by atoms with E-state index in [2.05, 4.69) is 0 Å². The van der Waals surface area contributed by atoms with Gasteiger partial charge in [-0.2, -0.15) is 0 Å². The van der Waals surface area contributed by atoms with Gasteiger partial charge in [0.15, 0.2) is 0 Å². The van der Waals surface area contributed by atoms with E-state index in [0.717, 1.165) is 18.4 Å². The molecule has 2 aromatic rings. The molecular weight excluding hydrogens is 293 g/mol. The molecule has 0 spiro atoms. The molecule has 1 N–H and O–H groups in total. The lowest BCUT2D eigenvalue weighted by Crippen LogP contribution is -2.10. The highest BCUT2D eigenvalue weighted by Crippen LogP contribution is 2.34. The summed E-state index contributed by atoms with van der Waals surface area (Å²) < 4.78 is 20.2. The summed E-state index contributed by atoms with van der Waals surface area (Å²) in [5, 5.41) is 10.2. The molecule has 1 aromatic heterocycles. The lowest BCUT2D eigenvalue weighted by atomic mass is 10.2. The molecule has 114 valence electrons. The number of carbonyl (C=O) groups is 1. The van der Waals surface area contributed by atoms with E-state index < -0.39 is 5.97 Å². The van der Waals surface area contributed by atoms with Gasteiger partial charge in [0.1, 0.15) is 11.5 Å². The number of nitrogens with zero attached hydrogens (tertiary/aromatic N) is 1. The molecule has 4 nitrogen and oxygen atoms in total. The second kappa shape index (κ2) is 6.95. The fourth-order valence-corrected chi connectivity index (χ4v) is 3.24. The molecule has 6 heteroatoms. The Morgan fingerprint density at radius 2 is 2.19 bits per heavy atom. The van der Waals surface area contributed by atoms with Crippen LogP contribution in [0.4, 0.5) is 4.39 Å². The predicted molar refractivity (Wildman–Crippen MR) is 81.7 cm³/mol. The minimum atomic E-state index is -0.984. The fraction of sp³-hybridized carbons (Fsp3) is 0.400. The van der Waals surface area contributed by atoms with Crippen LogP contribution in [0.15, 0.2) is 23.1 Å². The highest BCUT2D eigenvalue weighted by Gasteiger charge is 2.22. The maximum atomic E-state index is 13.5. The summed E-state index contributed by atoms with van der Waals surface area (Å²) in [6.07, 6.45) is 3.47. The number of thioether (sulfide) groups is 1. The van der Waals surface area contributed by atoms with Crippen molar-refractivity contribution in [2.75, 3.05) is 20.0 Å². The zero-order chi connectivity index (χ0) is 15.4. The van der Waals surface area contributed by atoms with Crippen LogP contribution in [-0.2, 0) is 11.3 Å². The molecule has 0 unspecified atom stereocenters. The van der Waals surface area contributed by atoms with E-state index in [1.807, 2.05) is 0 Å². The van der Waals surface area contributed by atoms with Crippen molar-refractivity contribution in [1.29, 1.82) is 0 Å². The number of methoxy groups -OCH3 is 1. The lowest BCUT2D eigenvalue weighted by Gasteiger charge is -2.08. The fourth-order valence-electron chi connectivity index (χ4n) is 2.46. The van der Waals surface area contributed by atoms with Crippen LogP contribution in [0, 0.1) is 5.82 Å². The zero-order valence-electron chi connectivity index (χ0n) is 12.1. The highest BCUT2D eigenvalue weighted by atomic mass is 32.2. The Hall–Kier alpha value is -1.53. The van der Waals surface area contributed by atoms with Crippen molar-refractivity contribution in [2.24, 2.45) is 0 Å². The van der Waals surface area contributed by atoms with Gasteiger partial charge in [0.25, 0.3) is 0 Å². The van der Waals surface area contributed by atoms with Gasteiger partial charge in [-0.25, -0.2) is 9.18 Å². The van der Waals surface area contributed by atoms with E-state index in [9.17, 15) is 14.3 Å². The monoisotopic (exact) mass is 311 g/mol. The van der Waals surface area contributed by atoms with Crippen LogP contribution in [-0.4, -0.2) is 35.6 Å². The van der Waals surface area contributed by atoms with Gasteiger partial charge in [-0.15, -0.1) is 11.8 Å². The lowest BCUT2D eigenvalue weighted by molar-refractivity contribution is 0.0681. The maximum absolute atomic E-state index is 13.5. The predicted octanol–water partition coefficient (Wildman–Crippen LogP) is 3.63. The summed E-state index contributed by atoms with van der Waals surface area (Å²) in [7, 11) is 1.64. The average molecular weight is 311 g/mol. The number of halogens is 1. The summed E-state index contributed by atoms with van der Waals surface area (Å²) in [4.78, 5) is 12.2. The average Bonchev–Trinajstić information content (AvgIpc) is 2.76. The van der Waals surface area contributed by atoms with Gasteiger partial charge in [0.05, 0.1) is 5.52 Å². The number of hydrogen-bond donors (Lipinski definition) is 1. The third-order valence-corrected chi connectivity index (χ3v) is 4.19. The molecule has 0 aliphatic carbocycles. The summed E-state index contributed by atoms with van der Waals surface area (Å²) in [6.45, 7) is 1.22. The standard InChI is InChI=1S/C15H18FNO3S/c1-20-8-4-3-7-17-12-6-5-10(16)9-11(12)14(21-2)13(17)15(18)19/h5-6,9H,3-4,7-8H2,1-2H3,(H,18,19). The quantitative estimate of drug-likeness (QED) is 0.627. The van der Waals surface area contributed by atoms with Crippen molar-refractivity contribution in [3.8, 4) is 0 Å². The summed E-state index contributed by atoms with van der Waals surface area (Å²) in [5.74, 6) is -1.34. The molecule has 2 rings (SSSR count). The first kappa shape index (κ1) is 15.9. The van der Waals surface area contributed by atoms with Crippen molar-refractivity contribution >= 4 is 28.6 Å². The van der Waals surface area contributed by atoms with E-state index >= 15 is 0 Å². The van der Waals surface area contributed by atoms with E-state index in [-0.39, 0.29) is 11.5 Å². The number of benzene rings is 1. The van der Waals surface area contributed by atoms with Crippen LogP contribution in [0.1, 0.15) is 23.3 Å². The smallest absolute Gasteiger partial charge is 0.353 e. The first-order chi connectivity index (χ1) is 10.1. The van der Waals surface area contributed by atoms with Crippen molar-refractivity contribution < 1.29 is 19.0 Å². The van der Waals surface area contributed by atoms with E-state index in [1.54, 1.807) is 24.0 Å². The Morgan fingerprint density at radius 1 is 1.43 bits per heavy atom. The first-order valence-electron chi connectivity index (χ1n) is 6.68. The summed E-state index contributed by atoms with van der Waals surface area (Å²) in [6, 6.07) is 4.41. The summed E-state index contributed by atoms with van der Waals surface area (Å²) in [5.41, 5.74) is 0.996. The Morgan fingerprint density at radius 3 is 2.81 bits per heavy atom. The van der Waals surface area contributed by atoms with Gasteiger partial charge in [-0.1, -0.05) is 0 Å². The topological polar surface area (TPSA) is 51.5 Å². The Kier molecular flexibility index (Phi) is 5.25. The number of unbranched alkanes of at least 4 members (excludes halogenated alkanes) is 1. The SMILES string of the molecule is COCCCCn1c(C(=O)O)c(SC)c2cc(F)ccc21. The van der Waals surface area contributed by atoms with Gasteiger partial charge in [-0.3, -0.25) is 0 Å². The summed E-state index contributed by atoms with van der Waals surface area (Å²) >= 11 is 1.33. The van der Waals surface area contributed by atoms with Crippen LogP contribution in [0.25, 0.3) is 10.9 Å². The van der Waals surface area contributed by atoms with Crippen molar-refractivity contribution in [3.63, 3.8) is 0 Å². The number of hydrogen-bond acceptors (Lipinski definition) is 3. The second-order valence-electron chi connectivity index (χ2n) is 4.70. The normalized spacial score (nSPS) is 11.2. The molecule has 0 aliphatic rings. The molecule has 0 bridgehead atoms. The molecule has 0 radical (unpaired) electrons. The third-order valence-electron chi connectivity index (χ3n) is 3.37. The van der Waals surface area contributed by atoms with Crippen LogP contribution >= 0.6 is 11.8 Å². The number of aromatic nitrogens is 1. The van der Waals surface area contributed by atoms with Gasteiger partial charge in [-0.05, 0) is 37.3 Å². The molecule has 0 atom stereocenters. The molecule has 1 heterocycles. The first-order valence-corrected chi connectivity index (χ1v) is 7.90. The van der Waals surface area contributed by atoms with Gasteiger partial charge < -0.3 is 14.4 Å². The van der Waals surface area contributed by atoms with E-state index in [1.165, 1.54) is 23.9 Å². The molecule has 21 heavy (non-hydrogen) atoms. The maximum Gasteiger partial charge on any atom is 0.353 e. The molecule has 0 fully saturated rings. The molecule has 0 aliphatic heterocycles. The van der Waals surface area contributed by atoms with E-state index in [4.69, 9.17) is 4.74 Å². The van der Waals surface area contributed by atoms with Gasteiger partial charge >= 0.3 is 5.97 Å². The molecular formula is C15H18FNO3S. The van der Waals surface area contributed by atoms with Crippen LogP contribution in [0.3, 0.4) is 0 Å². The third kappa shape index (κ3) is 3.22. The Bertz CT molecular complexity index is 654. The number of aromatic carboxylic acids is 1. The largest absolute Gasteiger partial charge is 0.477 e. The van der Waals surface area contributed by atoms with Crippen LogP contribution < -0.4 is 0 Å². The van der Waals surface area contributed by atoms with E-state index in [0.29, 0.717) is 23.4 Å². The second-order valence-corrected chi connectivity index (χ2v) is 5.52. The van der Waals surface area contributed by atoms with Crippen molar-refractivity contribution in [3.05, 3.63) is 29.7 Å². The molecule has 0 amide bonds. The molecule has 1 aromatic carbocycles. The van der Waals surface area contributed by atoms with Crippen molar-refractivity contribution in [2.45, 2.75) is 24.3 Å². The van der Waals surface area contributed by atoms with Crippen LogP contribution in [0.2, 0.25) is 0 Å². The number of rotatable bonds is 7. The Labute approximate surface area is 126 Å². The van der Waals surface area contributed by atoms with Gasteiger partial charge in [0.2, 0.25) is 0 Å². The number of aryl methyl sites for hydroxylation is 1. The number of fused-ring (bicyclic) bond motifs is 1. The highest BCUT2D eigenvalue weighted by molar-refractivity contribution is 7.99. The minimum absolute atomic E-state index is 0.237. The molecule has 0 saturated carbocycles. The minimum Gasteiger partial charge on any atom is -0.477 e. The zero-order valence-corrected chi connectivity index (χ0v) is 12.9. The Balaban J connectivity index is 2.50. The number of ether oxygens (including phenoxy) is 1. The van der Waals surface area contributed by atoms with Crippen molar-refractivity contribution in [1.82, 2.24) is 4.57 Å². The van der Waals surface area contributed by atoms with Crippen LogP contribution in [0.5, 0.6) is 0 Å². The van der Waals surface area contributed by atoms with Gasteiger partial charge in [0, 0.05) is 30.5 Å². The number of carboxylic acid groups (broad SMARTS) is 1.